The number of nitrogens with one attached hydrogen (secondary N) is 1. The first kappa shape index (κ1) is 12.7. The van der Waals surface area contributed by atoms with Gasteiger partial charge in [0.15, 0.2) is 0 Å². The maximum atomic E-state index is 9.71. The molecule has 0 amide bonds. The Bertz CT molecular complexity index is 546. The van der Waals surface area contributed by atoms with E-state index in [9.17, 15) is 5.11 Å². The minimum Gasteiger partial charge on any atom is -0.507 e. The summed E-state index contributed by atoms with van der Waals surface area (Å²) < 4.78 is 0. The van der Waals surface area contributed by atoms with Crippen LogP contribution in [0.15, 0.2) is 30.6 Å². The highest BCUT2D eigenvalue weighted by Gasteiger charge is 2.04. The quantitative estimate of drug-likeness (QED) is 0.887. The molecule has 18 heavy (non-hydrogen) atoms. The number of benzene rings is 1. The molecule has 2 aromatic rings. The first-order chi connectivity index (χ1) is 8.58. The third-order valence-corrected chi connectivity index (χ3v) is 3.13. The summed E-state index contributed by atoms with van der Waals surface area (Å²) in [6.45, 7) is 4.43. The fourth-order valence-electron chi connectivity index (χ4n) is 1.85. The molecule has 0 unspecified atom stereocenters. The number of aromatic hydroxyl groups is 1. The van der Waals surface area contributed by atoms with E-state index in [0.717, 1.165) is 22.4 Å². The molecule has 0 bridgehead atoms. The highest BCUT2D eigenvalue weighted by atomic mass is 35.5. The van der Waals surface area contributed by atoms with Crippen LogP contribution in [0.3, 0.4) is 0 Å². The molecule has 0 aliphatic rings. The smallest absolute Gasteiger partial charge is 0.121 e. The second-order valence-electron chi connectivity index (χ2n) is 4.29. The van der Waals surface area contributed by atoms with E-state index < -0.39 is 0 Å². The number of hydrogen-bond acceptors (Lipinski definition) is 3. The largest absolute Gasteiger partial charge is 0.507 e. The van der Waals surface area contributed by atoms with Crippen LogP contribution in [-0.2, 0) is 6.54 Å². The van der Waals surface area contributed by atoms with E-state index in [4.69, 9.17) is 11.6 Å². The molecule has 1 aromatic carbocycles. The number of hydrogen-bond donors (Lipinski definition) is 2. The molecular formula is C14H15ClN2O. The number of halogens is 1. The van der Waals surface area contributed by atoms with Crippen molar-refractivity contribution >= 4 is 17.3 Å². The van der Waals surface area contributed by atoms with Gasteiger partial charge >= 0.3 is 0 Å². The molecule has 0 spiro atoms. The van der Waals surface area contributed by atoms with Gasteiger partial charge in [-0.25, -0.2) is 0 Å². The molecule has 0 radical (unpaired) electrons. The summed E-state index contributed by atoms with van der Waals surface area (Å²) >= 11 is 6.04. The normalized spacial score (nSPS) is 10.4. The molecule has 0 saturated heterocycles. The molecule has 0 saturated carbocycles. The van der Waals surface area contributed by atoms with Crippen molar-refractivity contribution in [1.29, 1.82) is 0 Å². The number of nitrogens with zero attached hydrogens (tertiary/aromatic N) is 1. The molecule has 1 heterocycles. The van der Waals surface area contributed by atoms with E-state index >= 15 is 0 Å². The number of aryl methyl sites for hydroxylation is 2. The van der Waals surface area contributed by atoms with Gasteiger partial charge in [-0.3, -0.25) is 4.98 Å². The first-order valence-corrected chi connectivity index (χ1v) is 6.08. The van der Waals surface area contributed by atoms with Crippen molar-refractivity contribution in [2.75, 3.05) is 5.32 Å². The minimum absolute atomic E-state index is 0.359. The van der Waals surface area contributed by atoms with Gasteiger partial charge in [0.1, 0.15) is 5.75 Å². The van der Waals surface area contributed by atoms with E-state index in [0.29, 0.717) is 17.3 Å². The zero-order valence-corrected chi connectivity index (χ0v) is 11.1. The Kier molecular flexibility index (Phi) is 3.72. The monoisotopic (exact) mass is 262 g/mol. The Hall–Kier alpha value is -1.74. The van der Waals surface area contributed by atoms with Gasteiger partial charge in [0.2, 0.25) is 0 Å². The average molecular weight is 263 g/mol. The van der Waals surface area contributed by atoms with Gasteiger partial charge < -0.3 is 10.4 Å². The summed E-state index contributed by atoms with van der Waals surface area (Å²) in [5, 5.41) is 13.6. The molecule has 0 aliphatic carbocycles. The Morgan fingerprint density at radius 2 is 1.94 bits per heavy atom. The van der Waals surface area contributed by atoms with Gasteiger partial charge in [-0.15, -0.1) is 0 Å². The third kappa shape index (κ3) is 2.74. The maximum absolute atomic E-state index is 9.71. The summed E-state index contributed by atoms with van der Waals surface area (Å²) in [4.78, 5) is 4.02. The standard InChI is InChI=1S/C14H15ClN2O/c1-9-5-11(6-10(2)14(9)18)7-17-13-8-16-4-3-12(13)15/h3-6,8,17-18H,7H2,1-2H3. The van der Waals surface area contributed by atoms with Crippen molar-refractivity contribution in [3.05, 3.63) is 52.3 Å². The summed E-state index contributed by atoms with van der Waals surface area (Å²) in [6, 6.07) is 5.66. The number of phenolic OH excluding ortho intramolecular Hbond substituents is 1. The third-order valence-electron chi connectivity index (χ3n) is 2.80. The lowest BCUT2D eigenvalue weighted by molar-refractivity contribution is 0.466. The van der Waals surface area contributed by atoms with E-state index in [-0.39, 0.29) is 0 Å². The van der Waals surface area contributed by atoms with E-state index in [1.54, 1.807) is 18.5 Å². The van der Waals surface area contributed by atoms with Crippen LogP contribution in [-0.4, -0.2) is 10.1 Å². The summed E-state index contributed by atoms with van der Waals surface area (Å²) in [5.74, 6) is 0.359. The SMILES string of the molecule is Cc1cc(CNc2cnccc2Cl)cc(C)c1O. The van der Waals surface area contributed by atoms with Crippen molar-refractivity contribution in [1.82, 2.24) is 4.98 Å². The van der Waals surface area contributed by atoms with E-state index in [1.807, 2.05) is 26.0 Å². The second kappa shape index (κ2) is 5.27. The summed E-state index contributed by atoms with van der Waals surface area (Å²) in [5.41, 5.74) is 3.67. The predicted octanol–water partition coefficient (Wildman–Crippen LogP) is 3.67. The predicted molar refractivity (Wildman–Crippen MR) is 74.2 cm³/mol. The Morgan fingerprint density at radius 1 is 1.28 bits per heavy atom. The van der Waals surface area contributed by atoms with Gasteiger partial charge in [-0.2, -0.15) is 0 Å². The van der Waals surface area contributed by atoms with Gasteiger partial charge in [-0.05, 0) is 36.6 Å². The zero-order chi connectivity index (χ0) is 13.1. The number of aromatic nitrogens is 1. The molecule has 2 rings (SSSR count). The number of phenols is 1. The molecule has 0 aliphatic heterocycles. The van der Waals surface area contributed by atoms with Crippen LogP contribution in [0, 0.1) is 13.8 Å². The van der Waals surface area contributed by atoms with Crippen LogP contribution in [0.4, 0.5) is 5.69 Å². The van der Waals surface area contributed by atoms with Gasteiger partial charge in [0.25, 0.3) is 0 Å². The lowest BCUT2D eigenvalue weighted by Gasteiger charge is -2.10. The Morgan fingerprint density at radius 3 is 2.56 bits per heavy atom. The van der Waals surface area contributed by atoms with Gasteiger partial charge in [0.05, 0.1) is 16.9 Å². The van der Waals surface area contributed by atoms with Crippen LogP contribution in [0.25, 0.3) is 0 Å². The van der Waals surface area contributed by atoms with Crippen LogP contribution in [0.2, 0.25) is 5.02 Å². The van der Waals surface area contributed by atoms with E-state index in [2.05, 4.69) is 10.3 Å². The molecular weight excluding hydrogens is 248 g/mol. The minimum atomic E-state index is 0.359. The fourth-order valence-corrected chi connectivity index (χ4v) is 2.02. The van der Waals surface area contributed by atoms with Crippen molar-refractivity contribution in [2.45, 2.75) is 20.4 Å². The topological polar surface area (TPSA) is 45.2 Å². The summed E-state index contributed by atoms with van der Waals surface area (Å²) in [7, 11) is 0. The number of rotatable bonds is 3. The van der Waals surface area contributed by atoms with Crippen molar-refractivity contribution < 1.29 is 5.11 Å². The molecule has 0 fully saturated rings. The highest BCUT2D eigenvalue weighted by Crippen LogP contribution is 2.24. The Labute approximate surface area is 111 Å². The Balaban J connectivity index is 2.14. The van der Waals surface area contributed by atoms with Crippen LogP contribution < -0.4 is 5.32 Å². The zero-order valence-electron chi connectivity index (χ0n) is 10.4. The van der Waals surface area contributed by atoms with Crippen LogP contribution in [0.5, 0.6) is 5.75 Å². The van der Waals surface area contributed by atoms with Crippen LogP contribution in [0.1, 0.15) is 16.7 Å². The molecule has 4 heteroatoms. The molecule has 3 nitrogen and oxygen atoms in total. The highest BCUT2D eigenvalue weighted by molar-refractivity contribution is 6.33. The molecule has 94 valence electrons. The number of pyridine rings is 1. The molecule has 2 N–H and O–H groups in total. The van der Waals surface area contributed by atoms with Crippen molar-refractivity contribution in [2.24, 2.45) is 0 Å². The average Bonchev–Trinajstić information content (AvgIpc) is 2.35. The van der Waals surface area contributed by atoms with Gasteiger partial charge in [0, 0.05) is 12.7 Å². The summed E-state index contributed by atoms with van der Waals surface area (Å²) in [6.07, 6.45) is 3.35. The van der Waals surface area contributed by atoms with Crippen molar-refractivity contribution in [3.8, 4) is 5.75 Å². The fraction of sp³-hybridized carbons (Fsp3) is 0.214. The van der Waals surface area contributed by atoms with Crippen LogP contribution >= 0.6 is 11.6 Å². The molecule has 0 atom stereocenters. The lowest BCUT2D eigenvalue weighted by Crippen LogP contribution is -2.01. The maximum Gasteiger partial charge on any atom is 0.121 e. The lowest BCUT2D eigenvalue weighted by atomic mass is 10.1. The number of anilines is 1. The van der Waals surface area contributed by atoms with E-state index in [1.165, 1.54) is 0 Å². The molecule has 1 aromatic heterocycles. The second-order valence-corrected chi connectivity index (χ2v) is 4.69. The van der Waals surface area contributed by atoms with Crippen molar-refractivity contribution in [3.63, 3.8) is 0 Å². The van der Waals surface area contributed by atoms with Gasteiger partial charge in [-0.1, -0.05) is 23.7 Å². The first-order valence-electron chi connectivity index (χ1n) is 5.70.